The Morgan fingerprint density at radius 1 is 1.03 bits per heavy atom. The summed E-state index contributed by atoms with van der Waals surface area (Å²) in [6.07, 6.45) is 0.796. The van der Waals surface area contributed by atoms with Crippen molar-refractivity contribution in [1.29, 1.82) is 0 Å². The SMILES string of the molecule is CCCn1c(=O)n(CC(=O)OCc2nc(N)nc(Nc3ccccc3OC)n2)c2ccccc21. The molecule has 0 aliphatic carbocycles. The zero-order valence-electron chi connectivity index (χ0n) is 18.9. The molecule has 0 aliphatic rings. The summed E-state index contributed by atoms with van der Waals surface area (Å²) >= 11 is 0. The van der Waals surface area contributed by atoms with Gasteiger partial charge in [0.05, 0.1) is 23.8 Å². The second kappa shape index (κ2) is 10.0. The lowest BCUT2D eigenvalue weighted by molar-refractivity contribution is -0.145. The van der Waals surface area contributed by atoms with Crippen molar-refractivity contribution in [2.24, 2.45) is 0 Å². The van der Waals surface area contributed by atoms with Crippen LogP contribution in [-0.2, 0) is 29.2 Å². The van der Waals surface area contributed by atoms with Crippen molar-refractivity contribution in [2.75, 3.05) is 18.2 Å². The third-order valence-electron chi connectivity index (χ3n) is 5.07. The highest BCUT2D eigenvalue weighted by Crippen LogP contribution is 2.25. The molecule has 0 saturated carbocycles. The van der Waals surface area contributed by atoms with E-state index in [1.165, 1.54) is 4.57 Å². The molecule has 2 aromatic carbocycles. The van der Waals surface area contributed by atoms with Gasteiger partial charge in [-0.25, -0.2) is 4.79 Å². The molecule has 11 heteroatoms. The van der Waals surface area contributed by atoms with E-state index >= 15 is 0 Å². The molecule has 0 bridgehead atoms. The normalized spacial score (nSPS) is 10.9. The Kier molecular flexibility index (Phi) is 6.72. The van der Waals surface area contributed by atoms with E-state index in [0.717, 1.165) is 11.9 Å². The molecule has 0 atom stereocenters. The van der Waals surface area contributed by atoms with Gasteiger partial charge < -0.3 is 20.5 Å². The number of nitrogen functional groups attached to an aromatic ring is 1. The van der Waals surface area contributed by atoms with Gasteiger partial charge in [-0.1, -0.05) is 31.2 Å². The number of rotatable bonds is 9. The summed E-state index contributed by atoms with van der Waals surface area (Å²) in [7, 11) is 1.55. The largest absolute Gasteiger partial charge is 0.495 e. The number of nitrogens with one attached hydrogen (secondary N) is 1. The average molecular weight is 463 g/mol. The molecule has 3 N–H and O–H groups in total. The van der Waals surface area contributed by atoms with Gasteiger partial charge in [-0.15, -0.1) is 0 Å². The third kappa shape index (κ3) is 4.82. The molecule has 11 nitrogen and oxygen atoms in total. The van der Waals surface area contributed by atoms with Gasteiger partial charge in [0.25, 0.3) is 0 Å². The highest BCUT2D eigenvalue weighted by atomic mass is 16.5. The molecule has 0 aliphatic heterocycles. The lowest BCUT2D eigenvalue weighted by Crippen LogP contribution is -2.28. The van der Waals surface area contributed by atoms with Crippen LogP contribution in [0.25, 0.3) is 11.0 Å². The van der Waals surface area contributed by atoms with E-state index < -0.39 is 5.97 Å². The van der Waals surface area contributed by atoms with Crippen LogP contribution in [0.2, 0.25) is 0 Å². The van der Waals surface area contributed by atoms with Crippen molar-refractivity contribution in [3.63, 3.8) is 0 Å². The summed E-state index contributed by atoms with van der Waals surface area (Å²) in [6, 6.07) is 14.6. The highest BCUT2D eigenvalue weighted by Gasteiger charge is 2.16. The fourth-order valence-electron chi connectivity index (χ4n) is 3.61. The number of imidazole rings is 1. The summed E-state index contributed by atoms with van der Waals surface area (Å²) < 4.78 is 13.7. The fourth-order valence-corrected chi connectivity index (χ4v) is 3.61. The van der Waals surface area contributed by atoms with E-state index in [4.69, 9.17) is 15.2 Å². The number of aryl methyl sites for hydroxylation is 1. The number of fused-ring (bicyclic) bond motifs is 1. The van der Waals surface area contributed by atoms with Crippen molar-refractivity contribution in [1.82, 2.24) is 24.1 Å². The van der Waals surface area contributed by atoms with E-state index in [9.17, 15) is 9.59 Å². The molecular formula is C23H25N7O4. The molecule has 0 unspecified atom stereocenters. The number of carbonyl (C=O) groups excluding carboxylic acids is 1. The molecule has 0 saturated heterocycles. The van der Waals surface area contributed by atoms with Crippen LogP contribution in [0.3, 0.4) is 0 Å². The van der Waals surface area contributed by atoms with Crippen molar-refractivity contribution < 1.29 is 14.3 Å². The molecule has 0 fully saturated rings. The smallest absolute Gasteiger partial charge is 0.329 e. The van der Waals surface area contributed by atoms with Crippen molar-refractivity contribution in [2.45, 2.75) is 33.0 Å². The van der Waals surface area contributed by atoms with Crippen LogP contribution in [-0.4, -0.2) is 37.2 Å². The first kappa shape index (κ1) is 22.8. The molecule has 2 heterocycles. The Bertz CT molecular complexity index is 1380. The van der Waals surface area contributed by atoms with E-state index in [0.29, 0.717) is 23.5 Å². The molecule has 34 heavy (non-hydrogen) atoms. The van der Waals surface area contributed by atoms with E-state index in [-0.39, 0.29) is 36.6 Å². The fraction of sp³-hybridized carbons (Fsp3) is 0.261. The molecule has 0 radical (unpaired) electrons. The van der Waals surface area contributed by atoms with Crippen molar-refractivity contribution in [3.05, 3.63) is 64.8 Å². The second-order valence-corrected chi connectivity index (χ2v) is 7.43. The van der Waals surface area contributed by atoms with E-state index in [1.807, 2.05) is 37.3 Å². The first-order valence-electron chi connectivity index (χ1n) is 10.7. The predicted molar refractivity (Wildman–Crippen MR) is 127 cm³/mol. The maximum atomic E-state index is 12.9. The minimum absolute atomic E-state index is 0.0303. The van der Waals surface area contributed by atoms with E-state index in [1.54, 1.807) is 29.9 Å². The zero-order valence-corrected chi connectivity index (χ0v) is 18.9. The number of hydrogen-bond donors (Lipinski definition) is 2. The molecule has 0 spiro atoms. The Balaban J connectivity index is 1.48. The lowest BCUT2D eigenvalue weighted by atomic mass is 10.3. The minimum atomic E-state index is -0.597. The summed E-state index contributed by atoms with van der Waals surface area (Å²) in [5.74, 6) is 0.320. The Morgan fingerprint density at radius 2 is 1.74 bits per heavy atom. The van der Waals surface area contributed by atoms with Crippen LogP contribution < -0.4 is 21.5 Å². The maximum Gasteiger partial charge on any atom is 0.329 e. The Morgan fingerprint density at radius 3 is 2.47 bits per heavy atom. The van der Waals surface area contributed by atoms with Crippen LogP contribution in [0.5, 0.6) is 5.75 Å². The van der Waals surface area contributed by atoms with Crippen LogP contribution in [0.15, 0.2) is 53.3 Å². The highest BCUT2D eigenvalue weighted by molar-refractivity contribution is 5.78. The van der Waals surface area contributed by atoms with Crippen molar-refractivity contribution >= 4 is 34.6 Å². The van der Waals surface area contributed by atoms with Gasteiger partial charge in [0, 0.05) is 6.54 Å². The molecule has 4 aromatic rings. The van der Waals surface area contributed by atoms with Gasteiger partial charge in [0.15, 0.2) is 12.4 Å². The summed E-state index contributed by atoms with van der Waals surface area (Å²) in [4.78, 5) is 37.8. The molecular weight excluding hydrogens is 438 g/mol. The van der Waals surface area contributed by atoms with Gasteiger partial charge in [0.1, 0.15) is 12.3 Å². The van der Waals surface area contributed by atoms with Crippen LogP contribution >= 0.6 is 0 Å². The summed E-state index contributed by atoms with van der Waals surface area (Å²) in [5.41, 5.74) is 7.64. The minimum Gasteiger partial charge on any atom is -0.495 e. The second-order valence-electron chi connectivity index (χ2n) is 7.43. The van der Waals surface area contributed by atoms with Gasteiger partial charge >= 0.3 is 11.7 Å². The number of nitrogens with two attached hydrogens (primary N) is 1. The summed E-state index contributed by atoms with van der Waals surface area (Å²) in [6.45, 7) is 2.09. The van der Waals surface area contributed by atoms with Crippen LogP contribution in [0, 0.1) is 0 Å². The lowest BCUT2D eigenvalue weighted by Gasteiger charge is -2.11. The van der Waals surface area contributed by atoms with Gasteiger partial charge in [-0.05, 0) is 30.7 Å². The molecule has 2 aromatic heterocycles. The number of benzene rings is 2. The van der Waals surface area contributed by atoms with Gasteiger partial charge in [0.2, 0.25) is 11.9 Å². The number of ether oxygens (including phenoxy) is 2. The monoisotopic (exact) mass is 463 g/mol. The van der Waals surface area contributed by atoms with Gasteiger partial charge in [-0.3, -0.25) is 13.9 Å². The number of hydrogen-bond acceptors (Lipinski definition) is 9. The van der Waals surface area contributed by atoms with E-state index in [2.05, 4.69) is 20.3 Å². The van der Waals surface area contributed by atoms with Crippen molar-refractivity contribution in [3.8, 4) is 5.75 Å². The maximum absolute atomic E-state index is 12.9. The quantitative estimate of drug-likeness (QED) is 0.358. The number of para-hydroxylation sites is 4. The molecule has 4 rings (SSSR count). The Hall–Kier alpha value is -4.41. The number of nitrogens with zero attached hydrogens (tertiary/aromatic N) is 5. The number of esters is 1. The van der Waals surface area contributed by atoms with Gasteiger partial charge in [-0.2, -0.15) is 15.0 Å². The average Bonchev–Trinajstić information content (AvgIpc) is 3.09. The molecule has 176 valence electrons. The number of anilines is 3. The third-order valence-corrected chi connectivity index (χ3v) is 5.07. The zero-order chi connectivity index (χ0) is 24.1. The topological polar surface area (TPSA) is 139 Å². The summed E-state index contributed by atoms with van der Waals surface area (Å²) in [5, 5.41) is 3.02. The Labute approximate surface area is 195 Å². The first-order chi connectivity index (χ1) is 16.5. The first-order valence-corrected chi connectivity index (χ1v) is 10.7. The predicted octanol–water partition coefficient (Wildman–Crippen LogP) is 2.48. The molecule has 0 amide bonds. The number of methoxy groups -OCH3 is 1. The van der Waals surface area contributed by atoms with Crippen LogP contribution in [0.1, 0.15) is 19.2 Å². The number of carbonyl (C=O) groups is 1. The standard InChI is InChI=1S/C23H25N7O4/c1-3-12-29-16-9-5-6-10-17(16)30(23(29)32)13-20(31)34-14-19-26-21(24)28-22(27-19)25-15-8-4-7-11-18(15)33-2/h4-11H,3,12-14H2,1-2H3,(H3,24,25,26,27,28). The number of aromatic nitrogens is 5. The van der Waals surface area contributed by atoms with Crippen LogP contribution in [0.4, 0.5) is 17.6 Å².